The Hall–Kier alpha value is -1.83. The maximum absolute atomic E-state index is 4.36. The molecule has 0 bridgehead atoms. The summed E-state index contributed by atoms with van der Waals surface area (Å²) in [5.41, 5.74) is 2.63. The van der Waals surface area contributed by atoms with Crippen molar-refractivity contribution in [1.82, 2.24) is 9.55 Å². The summed E-state index contributed by atoms with van der Waals surface area (Å²) < 4.78 is 2.47. The molecule has 0 fully saturated rings. The Morgan fingerprint density at radius 1 is 0.667 bits per heavy atom. The molecule has 0 atom stereocenters. The van der Waals surface area contributed by atoms with E-state index in [1.807, 2.05) is 12.4 Å². The minimum Gasteiger partial charge on any atom is -0.339 e. The van der Waals surface area contributed by atoms with E-state index < -0.39 is 0 Å². The summed E-state index contributed by atoms with van der Waals surface area (Å²) in [6, 6.07) is 10.9. The molecule has 0 aliphatic carbocycles. The van der Waals surface area contributed by atoms with E-state index in [1.165, 1.54) is 98.9 Å². The highest BCUT2D eigenvalue weighted by atomic mass is 15.0. The van der Waals surface area contributed by atoms with E-state index in [2.05, 4.69) is 46.8 Å². The van der Waals surface area contributed by atoms with Crippen LogP contribution in [0.5, 0.6) is 0 Å². The van der Waals surface area contributed by atoms with E-state index in [4.69, 9.17) is 0 Å². The Morgan fingerprint density at radius 3 is 1.96 bits per heavy atom. The monoisotopic (exact) mass is 364 g/mol. The Bertz CT molecular complexity index is 749. The van der Waals surface area contributed by atoms with E-state index >= 15 is 0 Å². The van der Waals surface area contributed by atoms with E-state index in [9.17, 15) is 0 Å². The fourth-order valence-corrected chi connectivity index (χ4v) is 4.25. The molecule has 2 heteroatoms. The number of pyridine rings is 1. The molecule has 2 nitrogen and oxygen atoms in total. The second-order valence-electron chi connectivity index (χ2n) is 7.95. The first kappa shape index (κ1) is 19.9. The Balaban J connectivity index is 1.36. The van der Waals surface area contributed by atoms with Gasteiger partial charge in [0, 0.05) is 29.0 Å². The lowest BCUT2D eigenvalue weighted by molar-refractivity contribution is 0.533. The van der Waals surface area contributed by atoms with Crippen LogP contribution in [0.15, 0.2) is 42.7 Å². The summed E-state index contributed by atoms with van der Waals surface area (Å²) in [5.74, 6) is 0. The molecule has 0 aliphatic rings. The fourth-order valence-electron chi connectivity index (χ4n) is 4.25. The molecule has 2 aromatic heterocycles. The molecule has 3 rings (SSSR count). The van der Waals surface area contributed by atoms with Crippen LogP contribution < -0.4 is 0 Å². The topological polar surface area (TPSA) is 17.8 Å². The molecule has 0 N–H and O–H groups in total. The Labute approximate surface area is 165 Å². The lowest BCUT2D eigenvalue weighted by Crippen LogP contribution is -1.98. The average molecular weight is 365 g/mol. The molecule has 0 radical (unpaired) electrons. The first-order valence-electron chi connectivity index (χ1n) is 11.2. The lowest BCUT2D eigenvalue weighted by Gasteiger charge is -2.07. The number of aromatic nitrogens is 2. The van der Waals surface area contributed by atoms with Gasteiger partial charge in [-0.25, -0.2) is 0 Å². The number of hydrogen-bond acceptors (Lipinski definition) is 1. The van der Waals surface area contributed by atoms with Gasteiger partial charge in [-0.1, -0.05) is 95.8 Å². The number of hydrogen-bond donors (Lipinski definition) is 0. The molecule has 0 aliphatic heterocycles. The van der Waals surface area contributed by atoms with Gasteiger partial charge in [-0.2, -0.15) is 0 Å². The third kappa shape index (κ3) is 5.57. The second-order valence-corrected chi connectivity index (χ2v) is 7.95. The molecule has 3 aromatic rings. The summed E-state index contributed by atoms with van der Waals surface area (Å²) in [5, 5.41) is 2.69. The smallest absolute Gasteiger partial charge is 0.0677 e. The van der Waals surface area contributed by atoms with Gasteiger partial charge in [0.2, 0.25) is 0 Å². The normalized spacial score (nSPS) is 11.6. The van der Waals surface area contributed by atoms with Gasteiger partial charge in [0.05, 0.1) is 11.7 Å². The minimum atomic E-state index is 1.10. The molecule has 2 heterocycles. The van der Waals surface area contributed by atoms with Gasteiger partial charge < -0.3 is 4.57 Å². The number of nitrogens with zero attached hydrogens (tertiary/aromatic N) is 2. The maximum atomic E-state index is 4.36. The second kappa shape index (κ2) is 11.1. The number of benzene rings is 1. The van der Waals surface area contributed by atoms with Crippen molar-refractivity contribution in [3.8, 4) is 0 Å². The average Bonchev–Trinajstić information content (AvgIpc) is 3.03. The lowest BCUT2D eigenvalue weighted by atomic mass is 10.1. The van der Waals surface area contributed by atoms with Crippen LogP contribution in [0.2, 0.25) is 0 Å². The highest BCUT2D eigenvalue weighted by Crippen LogP contribution is 2.28. The van der Waals surface area contributed by atoms with Gasteiger partial charge in [-0.05, 0) is 18.6 Å². The van der Waals surface area contributed by atoms with Gasteiger partial charge in [-0.3, -0.25) is 4.98 Å². The van der Waals surface area contributed by atoms with Crippen LogP contribution in [0.1, 0.15) is 84.0 Å². The fraction of sp³-hybridized carbons (Fsp3) is 0.560. The van der Waals surface area contributed by atoms with Crippen LogP contribution >= 0.6 is 0 Å². The first-order chi connectivity index (χ1) is 13.4. The highest BCUT2D eigenvalue weighted by Gasteiger charge is 2.09. The van der Waals surface area contributed by atoms with Gasteiger partial charge in [0.1, 0.15) is 0 Å². The van der Waals surface area contributed by atoms with Crippen molar-refractivity contribution in [1.29, 1.82) is 0 Å². The molecule has 1 aromatic carbocycles. The molecule has 0 spiro atoms. The SMILES string of the molecule is CCCCCCCCCCCCCCn1c2ccccc2c2ccncc21. The van der Waals surface area contributed by atoms with E-state index in [0.717, 1.165) is 6.54 Å². The highest BCUT2D eigenvalue weighted by molar-refractivity contribution is 6.07. The van der Waals surface area contributed by atoms with E-state index in [-0.39, 0.29) is 0 Å². The Morgan fingerprint density at radius 2 is 1.26 bits per heavy atom. The first-order valence-corrected chi connectivity index (χ1v) is 11.2. The van der Waals surface area contributed by atoms with Crippen LogP contribution in [-0.4, -0.2) is 9.55 Å². The molecule has 0 saturated heterocycles. The predicted molar refractivity (Wildman–Crippen MR) is 118 cm³/mol. The largest absolute Gasteiger partial charge is 0.339 e. The third-order valence-corrected chi connectivity index (χ3v) is 5.81. The zero-order valence-corrected chi connectivity index (χ0v) is 17.1. The van der Waals surface area contributed by atoms with Crippen molar-refractivity contribution in [3.63, 3.8) is 0 Å². The van der Waals surface area contributed by atoms with Crippen molar-refractivity contribution in [2.45, 2.75) is 90.5 Å². The van der Waals surface area contributed by atoms with Crippen LogP contribution in [0.25, 0.3) is 21.8 Å². The molecular formula is C25H36N2. The summed E-state index contributed by atoms with van der Waals surface area (Å²) in [6.07, 6.45) is 20.7. The summed E-state index contributed by atoms with van der Waals surface area (Å²) >= 11 is 0. The van der Waals surface area contributed by atoms with Crippen LogP contribution in [0.4, 0.5) is 0 Å². The zero-order chi connectivity index (χ0) is 18.7. The molecule has 27 heavy (non-hydrogen) atoms. The van der Waals surface area contributed by atoms with Crippen LogP contribution in [-0.2, 0) is 6.54 Å². The molecule has 0 unspecified atom stereocenters. The van der Waals surface area contributed by atoms with Crippen molar-refractivity contribution in [2.75, 3.05) is 0 Å². The van der Waals surface area contributed by atoms with Crippen LogP contribution in [0.3, 0.4) is 0 Å². The van der Waals surface area contributed by atoms with E-state index in [0.29, 0.717) is 0 Å². The standard InChI is InChI=1S/C25H36N2/c1-2-3-4-5-6-7-8-9-10-11-12-15-20-27-24-17-14-13-16-22(24)23-18-19-26-21-25(23)27/h13-14,16-19,21H,2-12,15,20H2,1H3. The number of fused-ring (bicyclic) bond motifs is 3. The minimum absolute atomic E-state index is 1.10. The number of rotatable bonds is 13. The number of aryl methyl sites for hydroxylation is 1. The zero-order valence-electron chi connectivity index (χ0n) is 17.1. The molecule has 0 amide bonds. The number of unbranched alkanes of at least 4 members (excludes halogenated alkanes) is 11. The van der Waals surface area contributed by atoms with E-state index in [1.54, 1.807) is 0 Å². The molecular weight excluding hydrogens is 328 g/mol. The molecule has 0 saturated carbocycles. The quantitative estimate of drug-likeness (QED) is 0.282. The molecule has 146 valence electrons. The van der Waals surface area contributed by atoms with Gasteiger partial charge in [0.25, 0.3) is 0 Å². The Kier molecular flexibility index (Phi) is 8.20. The summed E-state index contributed by atoms with van der Waals surface area (Å²) in [7, 11) is 0. The third-order valence-electron chi connectivity index (χ3n) is 5.81. The van der Waals surface area contributed by atoms with Crippen LogP contribution in [0, 0.1) is 0 Å². The van der Waals surface area contributed by atoms with Gasteiger partial charge >= 0.3 is 0 Å². The van der Waals surface area contributed by atoms with Gasteiger partial charge in [0.15, 0.2) is 0 Å². The number of para-hydroxylation sites is 1. The van der Waals surface area contributed by atoms with Gasteiger partial charge in [-0.15, -0.1) is 0 Å². The predicted octanol–water partition coefficient (Wildman–Crippen LogP) is 7.89. The van der Waals surface area contributed by atoms with Crippen molar-refractivity contribution in [2.24, 2.45) is 0 Å². The summed E-state index contributed by atoms with van der Waals surface area (Å²) in [4.78, 5) is 4.36. The van der Waals surface area contributed by atoms with Crippen molar-refractivity contribution >= 4 is 21.8 Å². The van der Waals surface area contributed by atoms with Crippen molar-refractivity contribution in [3.05, 3.63) is 42.7 Å². The maximum Gasteiger partial charge on any atom is 0.0677 e. The van der Waals surface area contributed by atoms with Crippen molar-refractivity contribution < 1.29 is 0 Å². The summed E-state index contributed by atoms with van der Waals surface area (Å²) in [6.45, 7) is 3.39.